The van der Waals surface area contributed by atoms with Gasteiger partial charge in [-0.1, -0.05) is 30.3 Å². The maximum Gasteiger partial charge on any atom is 0.284 e. The molecule has 0 aliphatic carbocycles. The second-order valence-electron chi connectivity index (χ2n) is 5.70. The number of morpholine rings is 1. The van der Waals surface area contributed by atoms with Crippen molar-refractivity contribution in [2.75, 3.05) is 26.3 Å². The Morgan fingerprint density at radius 3 is 2.62 bits per heavy atom. The number of thioether (sulfide) groups is 1. The molecule has 1 aromatic carbocycles. The van der Waals surface area contributed by atoms with Gasteiger partial charge in [0, 0.05) is 13.1 Å². The molecule has 0 N–H and O–H groups in total. The van der Waals surface area contributed by atoms with Crippen molar-refractivity contribution < 1.29 is 18.4 Å². The minimum absolute atomic E-state index is 0.0160. The Bertz CT molecular complexity index is 844. The number of furan rings is 1. The number of hydrogen-bond acceptors (Lipinski definition) is 7. The zero-order valence-electron chi connectivity index (χ0n) is 13.9. The number of nitrogens with zero attached hydrogens (tertiary/aromatic N) is 3. The van der Waals surface area contributed by atoms with E-state index >= 15 is 0 Å². The molecular formula is C18H17N3O4S. The molecule has 7 nitrogen and oxygen atoms in total. The first kappa shape index (κ1) is 16.9. The first-order valence-electron chi connectivity index (χ1n) is 8.27. The molecule has 1 unspecified atom stereocenters. The highest BCUT2D eigenvalue weighted by atomic mass is 32.2. The van der Waals surface area contributed by atoms with Crippen molar-refractivity contribution in [3.05, 3.63) is 54.3 Å². The summed E-state index contributed by atoms with van der Waals surface area (Å²) in [6, 6.07) is 13.1. The maximum absolute atomic E-state index is 13.1. The molecule has 2 aromatic heterocycles. The fourth-order valence-electron chi connectivity index (χ4n) is 2.70. The highest BCUT2D eigenvalue weighted by molar-refractivity contribution is 8.00. The lowest BCUT2D eigenvalue weighted by Gasteiger charge is -2.29. The van der Waals surface area contributed by atoms with Gasteiger partial charge in [0.2, 0.25) is 5.91 Å². The minimum Gasteiger partial charge on any atom is -0.459 e. The van der Waals surface area contributed by atoms with Crippen LogP contribution < -0.4 is 0 Å². The Morgan fingerprint density at radius 2 is 1.88 bits per heavy atom. The lowest BCUT2D eigenvalue weighted by atomic mass is 10.1. The molecule has 1 aliphatic rings. The lowest BCUT2D eigenvalue weighted by molar-refractivity contribution is -0.134. The van der Waals surface area contributed by atoms with Gasteiger partial charge in [-0.05, 0) is 29.5 Å². The predicted molar refractivity (Wildman–Crippen MR) is 94.4 cm³/mol. The average Bonchev–Trinajstić information content (AvgIpc) is 3.39. The largest absolute Gasteiger partial charge is 0.459 e. The quantitative estimate of drug-likeness (QED) is 0.638. The molecule has 3 aromatic rings. The predicted octanol–water partition coefficient (Wildman–Crippen LogP) is 3.02. The Balaban J connectivity index is 1.58. The normalized spacial score (nSPS) is 15.8. The number of carbonyl (C=O) groups is 1. The fraction of sp³-hybridized carbons (Fsp3) is 0.278. The standard InChI is InChI=1S/C18H17N3O4S/c22-17(21-8-11-23-12-9-21)15(13-5-2-1-3-6-13)26-18-20-19-16(25-18)14-7-4-10-24-14/h1-7,10,15H,8-9,11-12H2. The van der Waals surface area contributed by atoms with Crippen LogP contribution in [0.2, 0.25) is 0 Å². The molecule has 0 radical (unpaired) electrons. The Morgan fingerprint density at radius 1 is 1.08 bits per heavy atom. The highest BCUT2D eigenvalue weighted by Crippen LogP contribution is 2.37. The van der Waals surface area contributed by atoms with Crippen LogP contribution in [0.5, 0.6) is 0 Å². The minimum atomic E-state index is -0.459. The monoisotopic (exact) mass is 371 g/mol. The van der Waals surface area contributed by atoms with Gasteiger partial charge < -0.3 is 18.5 Å². The number of ether oxygens (including phenoxy) is 1. The van der Waals surface area contributed by atoms with Gasteiger partial charge in [-0.2, -0.15) is 0 Å². The second kappa shape index (κ2) is 7.76. The van der Waals surface area contributed by atoms with Gasteiger partial charge in [0.15, 0.2) is 5.76 Å². The van der Waals surface area contributed by atoms with E-state index < -0.39 is 5.25 Å². The van der Waals surface area contributed by atoms with Crippen LogP contribution in [0.1, 0.15) is 10.8 Å². The summed E-state index contributed by atoms with van der Waals surface area (Å²) in [6.45, 7) is 2.29. The van der Waals surface area contributed by atoms with Crippen LogP contribution in [0.3, 0.4) is 0 Å². The van der Waals surface area contributed by atoms with Crippen molar-refractivity contribution in [3.63, 3.8) is 0 Å². The van der Waals surface area contributed by atoms with Gasteiger partial charge in [-0.25, -0.2) is 0 Å². The van der Waals surface area contributed by atoms with E-state index in [1.165, 1.54) is 11.8 Å². The highest BCUT2D eigenvalue weighted by Gasteiger charge is 2.30. The van der Waals surface area contributed by atoms with Crippen LogP contribution in [0.4, 0.5) is 0 Å². The van der Waals surface area contributed by atoms with Gasteiger partial charge in [0.1, 0.15) is 5.25 Å². The van der Waals surface area contributed by atoms with Crippen LogP contribution in [0.15, 0.2) is 62.8 Å². The van der Waals surface area contributed by atoms with Gasteiger partial charge in [0.05, 0.1) is 19.5 Å². The number of aromatic nitrogens is 2. The summed E-state index contributed by atoms with van der Waals surface area (Å²) >= 11 is 1.25. The van der Waals surface area contributed by atoms with Gasteiger partial charge >= 0.3 is 0 Å². The van der Waals surface area contributed by atoms with E-state index in [1.807, 2.05) is 35.2 Å². The van der Waals surface area contributed by atoms with Crippen LogP contribution in [0.25, 0.3) is 11.7 Å². The Hall–Kier alpha value is -2.58. The molecule has 3 heterocycles. The first-order valence-corrected chi connectivity index (χ1v) is 9.15. The molecule has 4 rings (SSSR count). The number of hydrogen-bond donors (Lipinski definition) is 0. The molecule has 134 valence electrons. The van der Waals surface area contributed by atoms with Crippen molar-refractivity contribution in [1.82, 2.24) is 15.1 Å². The van der Waals surface area contributed by atoms with Crippen molar-refractivity contribution in [2.24, 2.45) is 0 Å². The molecule has 0 spiro atoms. The third kappa shape index (κ3) is 3.66. The van der Waals surface area contributed by atoms with Crippen LogP contribution in [-0.2, 0) is 9.53 Å². The van der Waals surface area contributed by atoms with E-state index in [9.17, 15) is 4.79 Å². The molecule has 1 fully saturated rings. The summed E-state index contributed by atoms with van der Waals surface area (Å²) in [5.74, 6) is 0.811. The summed E-state index contributed by atoms with van der Waals surface area (Å²) in [5, 5.41) is 7.92. The van der Waals surface area contributed by atoms with E-state index in [0.29, 0.717) is 43.2 Å². The molecule has 1 amide bonds. The maximum atomic E-state index is 13.1. The topological polar surface area (TPSA) is 81.6 Å². The van der Waals surface area contributed by atoms with Crippen molar-refractivity contribution in [3.8, 4) is 11.7 Å². The molecule has 26 heavy (non-hydrogen) atoms. The van der Waals surface area contributed by atoms with E-state index in [1.54, 1.807) is 18.4 Å². The first-order chi connectivity index (χ1) is 12.8. The summed E-state index contributed by atoms with van der Waals surface area (Å²) in [6.07, 6.45) is 1.54. The van der Waals surface area contributed by atoms with E-state index in [4.69, 9.17) is 13.6 Å². The third-order valence-corrected chi connectivity index (χ3v) is 5.08. The Labute approximate surface area is 154 Å². The number of carbonyl (C=O) groups excluding carboxylic acids is 1. The van der Waals surface area contributed by atoms with E-state index in [2.05, 4.69) is 10.2 Å². The molecule has 1 saturated heterocycles. The average molecular weight is 371 g/mol. The smallest absolute Gasteiger partial charge is 0.284 e. The van der Waals surface area contributed by atoms with Gasteiger partial charge in [-0.3, -0.25) is 4.79 Å². The second-order valence-corrected chi connectivity index (χ2v) is 6.75. The summed E-state index contributed by atoms with van der Waals surface area (Å²) in [4.78, 5) is 14.9. The number of rotatable bonds is 5. The molecule has 1 atom stereocenters. The lowest BCUT2D eigenvalue weighted by Crippen LogP contribution is -2.42. The molecule has 0 bridgehead atoms. The van der Waals surface area contributed by atoms with Crippen LogP contribution in [-0.4, -0.2) is 47.3 Å². The van der Waals surface area contributed by atoms with Crippen LogP contribution >= 0.6 is 11.8 Å². The summed E-state index contributed by atoms with van der Waals surface area (Å²) in [5.41, 5.74) is 0.895. The molecular weight excluding hydrogens is 354 g/mol. The number of benzene rings is 1. The molecule has 0 saturated carbocycles. The van der Waals surface area contributed by atoms with E-state index in [0.717, 1.165) is 5.56 Å². The van der Waals surface area contributed by atoms with Crippen molar-refractivity contribution in [1.29, 1.82) is 0 Å². The van der Waals surface area contributed by atoms with Gasteiger partial charge in [0.25, 0.3) is 11.1 Å². The summed E-state index contributed by atoms with van der Waals surface area (Å²) < 4.78 is 16.3. The van der Waals surface area contributed by atoms with Gasteiger partial charge in [-0.15, -0.1) is 10.2 Å². The Kier molecular flexibility index (Phi) is 5.03. The van der Waals surface area contributed by atoms with Crippen molar-refractivity contribution >= 4 is 17.7 Å². The van der Waals surface area contributed by atoms with Crippen molar-refractivity contribution in [2.45, 2.75) is 10.5 Å². The van der Waals surface area contributed by atoms with Crippen LogP contribution in [0, 0.1) is 0 Å². The zero-order chi connectivity index (χ0) is 17.8. The third-order valence-electron chi connectivity index (χ3n) is 4.01. The fourth-order valence-corrected chi connectivity index (χ4v) is 3.66. The zero-order valence-corrected chi connectivity index (χ0v) is 14.7. The SMILES string of the molecule is O=C(C(Sc1nnc(-c2ccco2)o1)c1ccccc1)N1CCOCC1. The van der Waals surface area contributed by atoms with E-state index in [-0.39, 0.29) is 5.91 Å². The molecule has 1 aliphatic heterocycles. The summed E-state index contributed by atoms with van der Waals surface area (Å²) in [7, 11) is 0. The molecule has 8 heteroatoms. The number of amides is 1.